The molecule has 0 bridgehead atoms. The van der Waals surface area contributed by atoms with Gasteiger partial charge in [-0.3, -0.25) is 4.68 Å². The molecule has 2 rings (SSSR count). The van der Waals surface area contributed by atoms with Crippen LogP contribution in [0.1, 0.15) is 71.0 Å². The van der Waals surface area contributed by atoms with Gasteiger partial charge in [0.05, 0.1) is 11.7 Å². The van der Waals surface area contributed by atoms with E-state index in [4.69, 9.17) is 10.8 Å². The van der Waals surface area contributed by atoms with Gasteiger partial charge in [0.25, 0.3) is 0 Å². The van der Waals surface area contributed by atoms with E-state index in [-0.39, 0.29) is 6.04 Å². The van der Waals surface area contributed by atoms with Crippen molar-refractivity contribution in [2.24, 2.45) is 17.6 Å². The molecule has 3 nitrogen and oxygen atoms in total. The fraction of sp³-hybridized carbons (Fsp3) is 0.824. The third-order valence-electron chi connectivity index (χ3n) is 5.01. The highest BCUT2D eigenvalue weighted by atomic mass is 15.3. The highest BCUT2D eigenvalue weighted by Gasteiger charge is 2.25. The molecule has 1 aromatic heterocycles. The van der Waals surface area contributed by atoms with Gasteiger partial charge in [-0.25, -0.2) is 0 Å². The predicted molar refractivity (Wildman–Crippen MR) is 84.6 cm³/mol. The van der Waals surface area contributed by atoms with Crippen LogP contribution in [0.15, 0.2) is 12.3 Å². The van der Waals surface area contributed by atoms with E-state index in [1.807, 2.05) is 0 Å². The quantitative estimate of drug-likeness (QED) is 0.856. The molecule has 114 valence electrons. The minimum Gasteiger partial charge on any atom is -0.327 e. The molecule has 20 heavy (non-hydrogen) atoms. The summed E-state index contributed by atoms with van der Waals surface area (Å²) in [7, 11) is 0. The van der Waals surface area contributed by atoms with Gasteiger partial charge in [-0.05, 0) is 43.6 Å². The van der Waals surface area contributed by atoms with E-state index in [0.717, 1.165) is 25.2 Å². The summed E-state index contributed by atoms with van der Waals surface area (Å²) >= 11 is 0. The minimum absolute atomic E-state index is 0.280. The Kier molecular flexibility index (Phi) is 5.64. The Morgan fingerprint density at radius 3 is 2.75 bits per heavy atom. The van der Waals surface area contributed by atoms with Gasteiger partial charge in [-0.1, -0.05) is 33.6 Å². The van der Waals surface area contributed by atoms with Gasteiger partial charge in [-0.2, -0.15) is 5.10 Å². The normalized spacial score (nSPS) is 25.1. The fourth-order valence-electron chi connectivity index (χ4n) is 3.63. The highest BCUT2D eigenvalue weighted by molar-refractivity contribution is 5.03. The molecule has 3 heteroatoms. The Hall–Kier alpha value is -0.830. The van der Waals surface area contributed by atoms with E-state index in [2.05, 4.69) is 37.7 Å². The van der Waals surface area contributed by atoms with Crippen LogP contribution < -0.4 is 5.73 Å². The number of hydrogen-bond acceptors (Lipinski definition) is 2. The van der Waals surface area contributed by atoms with Crippen LogP contribution in [0.2, 0.25) is 0 Å². The van der Waals surface area contributed by atoms with Gasteiger partial charge >= 0.3 is 0 Å². The van der Waals surface area contributed by atoms with E-state index in [1.165, 1.54) is 31.4 Å². The summed E-state index contributed by atoms with van der Waals surface area (Å²) in [5.74, 6) is 1.54. The number of rotatable bonds is 6. The van der Waals surface area contributed by atoms with Crippen molar-refractivity contribution in [3.63, 3.8) is 0 Å². The molecule has 1 saturated carbocycles. The van der Waals surface area contributed by atoms with Crippen LogP contribution in [-0.4, -0.2) is 15.8 Å². The van der Waals surface area contributed by atoms with Crippen molar-refractivity contribution in [1.82, 2.24) is 9.78 Å². The lowest BCUT2D eigenvalue weighted by molar-refractivity contribution is 0.244. The third-order valence-corrected chi connectivity index (χ3v) is 5.01. The van der Waals surface area contributed by atoms with Crippen molar-refractivity contribution in [2.45, 2.75) is 77.8 Å². The number of nitrogens with zero attached hydrogens (tertiary/aromatic N) is 2. The maximum absolute atomic E-state index is 6.44. The first-order chi connectivity index (χ1) is 9.63. The molecular weight excluding hydrogens is 246 g/mol. The first kappa shape index (κ1) is 15.6. The first-order valence-corrected chi connectivity index (χ1v) is 8.43. The van der Waals surface area contributed by atoms with Crippen LogP contribution in [0.3, 0.4) is 0 Å². The van der Waals surface area contributed by atoms with Crippen molar-refractivity contribution in [1.29, 1.82) is 0 Å². The second-order valence-electron chi connectivity index (χ2n) is 6.66. The topological polar surface area (TPSA) is 43.8 Å². The monoisotopic (exact) mass is 277 g/mol. The number of aromatic nitrogens is 2. The average Bonchev–Trinajstić information content (AvgIpc) is 2.88. The van der Waals surface area contributed by atoms with E-state index in [1.54, 1.807) is 0 Å². The van der Waals surface area contributed by atoms with Crippen LogP contribution in [0.4, 0.5) is 0 Å². The van der Waals surface area contributed by atoms with Crippen molar-refractivity contribution in [2.75, 3.05) is 0 Å². The van der Waals surface area contributed by atoms with Crippen molar-refractivity contribution in [3.8, 4) is 0 Å². The summed E-state index contributed by atoms with van der Waals surface area (Å²) in [6.07, 6.45) is 10.7. The van der Waals surface area contributed by atoms with E-state index >= 15 is 0 Å². The van der Waals surface area contributed by atoms with Crippen LogP contribution in [-0.2, 0) is 6.42 Å². The van der Waals surface area contributed by atoms with Crippen LogP contribution in [0.25, 0.3) is 0 Å². The molecule has 1 fully saturated rings. The van der Waals surface area contributed by atoms with E-state index < -0.39 is 0 Å². The second kappa shape index (κ2) is 7.26. The summed E-state index contributed by atoms with van der Waals surface area (Å²) in [4.78, 5) is 0. The molecule has 0 saturated heterocycles. The second-order valence-corrected chi connectivity index (χ2v) is 6.66. The minimum atomic E-state index is 0.280. The molecule has 2 N–H and O–H groups in total. The molecule has 1 aliphatic carbocycles. The molecule has 1 aromatic rings. The summed E-state index contributed by atoms with van der Waals surface area (Å²) in [5.41, 5.74) is 7.61. The highest BCUT2D eigenvalue weighted by Crippen LogP contribution is 2.31. The molecule has 0 aliphatic heterocycles. The lowest BCUT2D eigenvalue weighted by Gasteiger charge is -2.30. The van der Waals surface area contributed by atoms with Gasteiger partial charge in [-0.15, -0.1) is 0 Å². The summed E-state index contributed by atoms with van der Waals surface area (Å²) in [6.45, 7) is 6.82. The van der Waals surface area contributed by atoms with Gasteiger partial charge in [0.2, 0.25) is 0 Å². The standard InChI is InChI=1S/C17H31N3/c1-4-16(5-2)20-10-9-15(19-20)12-17(18)14-8-6-7-13(3)11-14/h9-10,13-14,16-17H,4-8,11-12,18H2,1-3H3. The van der Waals surface area contributed by atoms with Crippen molar-refractivity contribution in [3.05, 3.63) is 18.0 Å². The zero-order valence-corrected chi connectivity index (χ0v) is 13.4. The molecular formula is C17H31N3. The molecule has 3 unspecified atom stereocenters. The molecule has 0 aromatic carbocycles. The maximum Gasteiger partial charge on any atom is 0.0640 e. The number of hydrogen-bond donors (Lipinski definition) is 1. The summed E-state index contributed by atoms with van der Waals surface area (Å²) in [5, 5.41) is 4.74. The van der Waals surface area contributed by atoms with Crippen molar-refractivity contribution < 1.29 is 0 Å². The Morgan fingerprint density at radius 1 is 1.35 bits per heavy atom. The number of nitrogens with two attached hydrogens (primary N) is 1. The van der Waals surface area contributed by atoms with Gasteiger partial charge in [0.1, 0.15) is 0 Å². The Bertz CT molecular complexity index is 395. The van der Waals surface area contributed by atoms with Gasteiger partial charge in [0, 0.05) is 18.7 Å². The van der Waals surface area contributed by atoms with Crippen LogP contribution in [0, 0.1) is 11.8 Å². The largest absolute Gasteiger partial charge is 0.327 e. The average molecular weight is 277 g/mol. The summed E-state index contributed by atoms with van der Waals surface area (Å²) < 4.78 is 2.13. The van der Waals surface area contributed by atoms with Gasteiger partial charge < -0.3 is 5.73 Å². The van der Waals surface area contributed by atoms with E-state index in [9.17, 15) is 0 Å². The van der Waals surface area contributed by atoms with Crippen LogP contribution in [0.5, 0.6) is 0 Å². The molecule has 0 radical (unpaired) electrons. The molecule has 1 aliphatic rings. The Morgan fingerprint density at radius 2 is 2.10 bits per heavy atom. The molecule has 1 heterocycles. The first-order valence-electron chi connectivity index (χ1n) is 8.43. The fourth-order valence-corrected chi connectivity index (χ4v) is 3.63. The van der Waals surface area contributed by atoms with E-state index in [0.29, 0.717) is 12.0 Å². The predicted octanol–water partition coefficient (Wildman–Crippen LogP) is 3.94. The lowest BCUT2D eigenvalue weighted by atomic mass is 9.78. The summed E-state index contributed by atoms with van der Waals surface area (Å²) in [6, 6.07) is 2.97. The van der Waals surface area contributed by atoms with Crippen molar-refractivity contribution >= 4 is 0 Å². The third kappa shape index (κ3) is 3.85. The van der Waals surface area contributed by atoms with Crippen LogP contribution >= 0.6 is 0 Å². The van der Waals surface area contributed by atoms with Gasteiger partial charge in [0.15, 0.2) is 0 Å². The Labute approximate surface area is 123 Å². The zero-order chi connectivity index (χ0) is 14.5. The molecule has 3 atom stereocenters. The SMILES string of the molecule is CCC(CC)n1ccc(CC(N)C2CCCC(C)C2)n1. The molecule has 0 amide bonds. The Balaban J connectivity index is 1.92. The smallest absolute Gasteiger partial charge is 0.0640 e. The zero-order valence-electron chi connectivity index (χ0n) is 13.4. The lowest BCUT2D eigenvalue weighted by Crippen LogP contribution is -2.35. The maximum atomic E-state index is 6.44. The molecule has 0 spiro atoms.